The molecular formula is C23H26O6. The Bertz CT molecular complexity index is 881. The van der Waals surface area contributed by atoms with E-state index in [2.05, 4.69) is 0 Å². The molecule has 6 heteroatoms. The third-order valence-electron chi connectivity index (χ3n) is 3.94. The number of benzene rings is 2. The molecule has 0 atom stereocenters. The van der Waals surface area contributed by atoms with E-state index in [9.17, 15) is 9.59 Å². The average Bonchev–Trinajstić information content (AvgIpc) is 2.71. The number of methoxy groups -OCH3 is 2. The van der Waals surface area contributed by atoms with Gasteiger partial charge in [-0.1, -0.05) is 25.1 Å². The smallest absolute Gasteiger partial charge is 0.310 e. The molecule has 0 bridgehead atoms. The second-order valence-corrected chi connectivity index (χ2v) is 6.46. The standard InChI is InChI=1S/C23H26O6/c1-6-22(25)29-21-14-18(27-5)13-20(28-15(2)3)23(21)19(24)12-9-16-7-10-17(26-4)11-8-16/h7-15H,6H2,1-5H3. The van der Waals surface area contributed by atoms with Gasteiger partial charge in [0.2, 0.25) is 0 Å². The molecular weight excluding hydrogens is 372 g/mol. The molecule has 29 heavy (non-hydrogen) atoms. The largest absolute Gasteiger partial charge is 0.497 e. The molecule has 2 rings (SSSR count). The third-order valence-corrected chi connectivity index (χ3v) is 3.94. The first kappa shape index (κ1) is 22.0. The summed E-state index contributed by atoms with van der Waals surface area (Å²) in [4.78, 5) is 24.9. The molecule has 0 radical (unpaired) electrons. The Morgan fingerprint density at radius 2 is 1.59 bits per heavy atom. The minimum atomic E-state index is -0.457. The molecule has 0 spiro atoms. The van der Waals surface area contributed by atoms with Crippen LogP contribution in [0.4, 0.5) is 0 Å². The van der Waals surface area contributed by atoms with Crippen LogP contribution in [-0.4, -0.2) is 32.1 Å². The SMILES string of the molecule is CCC(=O)Oc1cc(OC)cc(OC(C)C)c1C(=O)C=Cc1ccc(OC)cc1. The van der Waals surface area contributed by atoms with Crippen molar-refractivity contribution >= 4 is 17.8 Å². The number of hydrogen-bond donors (Lipinski definition) is 0. The van der Waals surface area contributed by atoms with Crippen LogP contribution in [0.5, 0.6) is 23.0 Å². The molecule has 0 fully saturated rings. The molecule has 0 aliphatic heterocycles. The van der Waals surface area contributed by atoms with Gasteiger partial charge in [-0.15, -0.1) is 0 Å². The van der Waals surface area contributed by atoms with Crippen molar-refractivity contribution < 1.29 is 28.5 Å². The summed E-state index contributed by atoms with van der Waals surface area (Å²) in [6, 6.07) is 10.4. The Morgan fingerprint density at radius 3 is 2.14 bits per heavy atom. The van der Waals surface area contributed by atoms with E-state index in [-0.39, 0.29) is 29.6 Å². The van der Waals surface area contributed by atoms with Crippen molar-refractivity contribution in [3.05, 3.63) is 53.6 Å². The van der Waals surface area contributed by atoms with Crippen LogP contribution in [0.25, 0.3) is 6.08 Å². The van der Waals surface area contributed by atoms with Crippen molar-refractivity contribution in [2.45, 2.75) is 33.3 Å². The zero-order valence-electron chi connectivity index (χ0n) is 17.4. The minimum absolute atomic E-state index is 0.108. The Balaban J connectivity index is 2.45. The summed E-state index contributed by atoms with van der Waals surface area (Å²) in [6.45, 7) is 5.37. The maximum atomic E-state index is 13.0. The van der Waals surface area contributed by atoms with Crippen molar-refractivity contribution in [2.24, 2.45) is 0 Å². The highest BCUT2D eigenvalue weighted by Crippen LogP contribution is 2.36. The van der Waals surface area contributed by atoms with Gasteiger partial charge >= 0.3 is 5.97 Å². The molecule has 0 heterocycles. The summed E-state index contributed by atoms with van der Waals surface area (Å²) >= 11 is 0. The van der Waals surface area contributed by atoms with Crippen LogP contribution in [0.15, 0.2) is 42.5 Å². The fraction of sp³-hybridized carbons (Fsp3) is 0.304. The van der Waals surface area contributed by atoms with Gasteiger partial charge in [-0.25, -0.2) is 0 Å². The predicted molar refractivity (Wildman–Crippen MR) is 111 cm³/mol. The molecule has 2 aromatic carbocycles. The summed E-state index contributed by atoms with van der Waals surface area (Å²) < 4.78 is 21.6. The molecule has 0 N–H and O–H groups in total. The van der Waals surface area contributed by atoms with Crippen molar-refractivity contribution in [1.29, 1.82) is 0 Å². The highest BCUT2D eigenvalue weighted by Gasteiger charge is 2.22. The summed E-state index contributed by atoms with van der Waals surface area (Å²) in [5.74, 6) is 0.749. The number of ketones is 1. The van der Waals surface area contributed by atoms with E-state index >= 15 is 0 Å². The van der Waals surface area contributed by atoms with Crippen molar-refractivity contribution in [3.8, 4) is 23.0 Å². The predicted octanol–water partition coefficient (Wildman–Crippen LogP) is 4.70. The lowest BCUT2D eigenvalue weighted by atomic mass is 10.1. The number of esters is 1. The lowest BCUT2D eigenvalue weighted by Crippen LogP contribution is -2.13. The Labute approximate surface area is 171 Å². The van der Waals surface area contributed by atoms with Crippen LogP contribution >= 0.6 is 0 Å². The Kier molecular flexibility index (Phi) is 7.83. The normalized spacial score (nSPS) is 10.8. The van der Waals surface area contributed by atoms with Gasteiger partial charge in [0.15, 0.2) is 5.78 Å². The molecule has 0 aromatic heterocycles. The zero-order chi connectivity index (χ0) is 21.4. The average molecular weight is 398 g/mol. The van der Waals surface area contributed by atoms with Gasteiger partial charge in [0.05, 0.1) is 20.3 Å². The van der Waals surface area contributed by atoms with Crippen LogP contribution < -0.4 is 18.9 Å². The molecule has 0 saturated carbocycles. The van der Waals surface area contributed by atoms with Crippen molar-refractivity contribution in [1.82, 2.24) is 0 Å². The Morgan fingerprint density at radius 1 is 0.966 bits per heavy atom. The first-order chi connectivity index (χ1) is 13.9. The molecule has 0 saturated heterocycles. The van der Waals surface area contributed by atoms with Gasteiger partial charge in [-0.3, -0.25) is 9.59 Å². The number of ether oxygens (including phenoxy) is 4. The van der Waals surface area contributed by atoms with Gasteiger partial charge < -0.3 is 18.9 Å². The van der Waals surface area contributed by atoms with Crippen LogP contribution in [0.3, 0.4) is 0 Å². The number of carbonyl (C=O) groups is 2. The second kappa shape index (κ2) is 10.3. The number of carbonyl (C=O) groups excluding carboxylic acids is 2. The van der Waals surface area contributed by atoms with Crippen molar-refractivity contribution in [3.63, 3.8) is 0 Å². The first-order valence-electron chi connectivity index (χ1n) is 9.33. The summed E-state index contributed by atoms with van der Waals surface area (Å²) in [7, 11) is 3.08. The zero-order valence-corrected chi connectivity index (χ0v) is 17.4. The maximum absolute atomic E-state index is 13.0. The monoisotopic (exact) mass is 398 g/mol. The molecule has 0 aliphatic rings. The highest BCUT2D eigenvalue weighted by atomic mass is 16.5. The van der Waals surface area contributed by atoms with Crippen LogP contribution in [0, 0.1) is 0 Å². The molecule has 2 aromatic rings. The minimum Gasteiger partial charge on any atom is -0.497 e. The van der Waals surface area contributed by atoms with Gasteiger partial charge in [-0.2, -0.15) is 0 Å². The lowest BCUT2D eigenvalue weighted by Gasteiger charge is -2.17. The second-order valence-electron chi connectivity index (χ2n) is 6.46. The maximum Gasteiger partial charge on any atom is 0.310 e. The Hall–Kier alpha value is -3.28. The molecule has 0 unspecified atom stereocenters. The molecule has 154 valence electrons. The fourth-order valence-electron chi connectivity index (χ4n) is 2.52. The third kappa shape index (κ3) is 6.10. The van der Waals surface area contributed by atoms with E-state index in [1.165, 1.54) is 19.3 Å². The topological polar surface area (TPSA) is 71.1 Å². The highest BCUT2D eigenvalue weighted by molar-refractivity contribution is 6.11. The van der Waals surface area contributed by atoms with Crippen LogP contribution in [-0.2, 0) is 4.79 Å². The van der Waals surface area contributed by atoms with E-state index in [1.807, 2.05) is 26.0 Å². The molecule has 0 aliphatic carbocycles. The van der Waals surface area contributed by atoms with E-state index in [0.717, 1.165) is 11.3 Å². The lowest BCUT2D eigenvalue weighted by molar-refractivity contribution is -0.134. The summed E-state index contributed by atoms with van der Waals surface area (Å²) in [5.41, 5.74) is 0.997. The number of rotatable bonds is 9. The van der Waals surface area contributed by atoms with Crippen molar-refractivity contribution in [2.75, 3.05) is 14.2 Å². The number of allylic oxidation sites excluding steroid dienone is 1. The molecule has 6 nitrogen and oxygen atoms in total. The van der Waals surface area contributed by atoms with Crippen LogP contribution in [0.2, 0.25) is 0 Å². The van der Waals surface area contributed by atoms with Crippen LogP contribution in [0.1, 0.15) is 43.1 Å². The summed E-state index contributed by atoms with van der Waals surface area (Å²) in [6.07, 6.45) is 3.08. The number of hydrogen-bond acceptors (Lipinski definition) is 6. The quantitative estimate of drug-likeness (QED) is 0.264. The van der Waals surface area contributed by atoms with E-state index in [0.29, 0.717) is 11.5 Å². The van der Waals surface area contributed by atoms with Gasteiger partial charge in [0, 0.05) is 18.6 Å². The van der Waals surface area contributed by atoms with E-state index in [4.69, 9.17) is 18.9 Å². The van der Waals surface area contributed by atoms with Gasteiger partial charge in [0.25, 0.3) is 0 Å². The fourth-order valence-corrected chi connectivity index (χ4v) is 2.52. The first-order valence-corrected chi connectivity index (χ1v) is 9.33. The summed E-state index contributed by atoms with van der Waals surface area (Å²) in [5, 5.41) is 0. The van der Waals surface area contributed by atoms with E-state index in [1.54, 1.807) is 38.3 Å². The van der Waals surface area contributed by atoms with E-state index < -0.39 is 5.97 Å². The van der Waals surface area contributed by atoms with Gasteiger partial charge in [-0.05, 0) is 37.6 Å². The molecule has 0 amide bonds. The van der Waals surface area contributed by atoms with Gasteiger partial charge in [0.1, 0.15) is 28.6 Å².